The van der Waals surface area contributed by atoms with Crippen molar-refractivity contribution < 1.29 is 14.3 Å². The molecule has 0 aliphatic carbocycles. The lowest BCUT2D eigenvalue weighted by Gasteiger charge is -2.32. The standard InChI is InChI=1S/C29H34N2O3/c1-4-27(29(33)30-5-2)31(21-22-13-12-18-25(19-22)34-3)28(32)20-26(23-14-8-6-9-15-23)24-16-10-7-11-17-24/h6-19,26-27H,4-5,20-21H2,1-3H3,(H,30,33)/t27-/m0/s1. The Hall–Kier alpha value is -3.60. The van der Waals surface area contributed by atoms with Gasteiger partial charge in [-0.2, -0.15) is 0 Å². The zero-order chi connectivity index (χ0) is 24.3. The molecule has 0 aromatic heterocycles. The van der Waals surface area contributed by atoms with Gasteiger partial charge in [0.1, 0.15) is 11.8 Å². The highest BCUT2D eigenvalue weighted by Crippen LogP contribution is 2.30. The van der Waals surface area contributed by atoms with Crippen LogP contribution in [-0.2, 0) is 16.1 Å². The van der Waals surface area contributed by atoms with Gasteiger partial charge in [-0.05, 0) is 42.2 Å². The lowest BCUT2D eigenvalue weighted by Crippen LogP contribution is -2.49. The molecule has 0 heterocycles. The molecule has 0 unspecified atom stereocenters. The van der Waals surface area contributed by atoms with E-state index in [1.54, 1.807) is 12.0 Å². The van der Waals surface area contributed by atoms with E-state index < -0.39 is 6.04 Å². The number of carbonyl (C=O) groups is 2. The number of rotatable bonds is 11. The van der Waals surface area contributed by atoms with Gasteiger partial charge >= 0.3 is 0 Å². The molecule has 0 bridgehead atoms. The summed E-state index contributed by atoms with van der Waals surface area (Å²) in [6.45, 7) is 4.69. The average molecular weight is 459 g/mol. The largest absolute Gasteiger partial charge is 0.497 e. The third-order valence-electron chi connectivity index (χ3n) is 6.01. The van der Waals surface area contributed by atoms with E-state index in [2.05, 4.69) is 29.6 Å². The van der Waals surface area contributed by atoms with Gasteiger partial charge in [0.05, 0.1) is 7.11 Å². The Labute approximate surface area is 202 Å². The number of nitrogens with one attached hydrogen (secondary N) is 1. The summed E-state index contributed by atoms with van der Waals surface area (Å²) in [4.78, 5) is 28.5. The minimum Gasteiger partial charge on any atom is -0.497 e. The molecule has 3 aromatic carbocycles. The van der Waals surface area contributed by atoms with Gasteiger partial charge in [0, 0.05) is 25.4 Å². The van der Waals surface area contributed by atoms with Crippen LogP contribution in [0.1, 0.15) is 49.3 Å². The van der Waals surface area contributed by atoms with Crippen molar-refractivity contribution in [3.63, 3.8) is 0 Å². The zero-order valence-electron chi connectivity index (χ0n) is 20.2. The monoisotopic (exact) mass is 458 g/mol. The first-order chi connectivity index (χ1) is 16.6. The van der Waals surface area contributed by atoms with Crippen LogP contribution in [0, 0.1) is 0 Å². The van der Waals surface area contributed by atoms with E-state index in [0.717, 1.165) is 22.4 Å². The van der Waals surface area contributed by atoms with E-state index in [0.29, 0.717) is 19.5 Å². The van der Waals surface area contributed by atoms with Crippen LogP contribution in [0.15, 0.2) is 84.9 Å². The van der Waals surface area contributed by atoms with E-state index in [9.17, 15) is 9.59 Å². The summed E-state index contributed by atoms with van der Waals surface area (Å²) < 4.78 is 5.37. The molecule has 0 aliphatic heterocycles. The molecule has 1 atom stereocenters. The van der Waals surface area contributed by atoms with Crippen LogP contribution in [0.5, 0.6) is 5.75 Å². The van der Waals surface area contributed by atoms with Crippen LogP contribution in [0.3, 0.4) is 0 Å². The topological polar surface area (TPSA) is 58.6 Å². The predicted molar refractivity (Wildman–Crippen MR) is 136 cm³/mol. The second-order valence-corrected chi connectivity index (χ2v) is 8.27. The fourth-order valence-electron chi connectivity index (χ4n) is 4.27. The number of amides is 2. The van der Waals surface area contributed by atoms with Crippen molar-refractivity contribution in [1.29, 1.82) is 0 Å². The summed E-state index contributed by atoms with van der Waals surface area (Å²) in [5.74, 6) is 0.438. The van der Waals surface area contributed by atoms with Crippen molar-refractivity contribution in [3.05, 3.63) is 102 Å². The van der Waals surface area contributed by atoms with Crippen LogP contribution in [-0.4, -0.2) is 36.4 Å². The highest BCUT2D eigenvalue weighted by molar-refractivity contribution is 5.88. The lowest BCUT2D eigenvalue weighted by molar-refractivity contribution is -0.141. The third-order valence-corrected chi connectivity index (χ3v) is 6.01. The number of hydrogen-bond donors (Lipinski definition) is 1. The van der Waals surface area contributed by atoms with Crippen molar-refractivity contribution in [3.8, 4) is 5.75 Å². The molecule has 0 saturated heterocycles. The lowest BCUT2D eigenvalue weighted by atomic mass is 9.88. The Morgan fingerprint density at radius 1 is 0.882 bits per heavy atom. The number of carbonyl (C=O) groups excluding carboxylic acids is 2. The molecule has 0 fully saturated rings. The number of benzene rings is 3. The van der Waals surface area contributed by atoms with Gasteiger partial charge in [0.25, 0.3) is 0 Å². The summed E-state index contributed by atoms with van der Waals surface area (Å²) in [7, 11) is 1.62. The average Bonchev–Trinajstić information content (AvgIpc) is 2.88. The van der Waals surface area contributed by atoms with E-state index in [1.807, 2.05) is 74.5 Å². The minimum absolute atomic E-state index is 0.0568. The summed E-state index contributed by atoms with van der Waals surface area (Å²) in [5, 5.41) is 2.90. The van der Waals surface area contributed by atoms with Crippen molar-refractivity contribution in [2.24, 2.45) is 0 Å². The van der Waals surface area contributed by atoms with Crippen molar-refractivity contribution >= 4 is 11.8 Å². The zero-order valence-corrected chi connectivity index (χ0v) is 20.2. The highest BCUT2D eigenvalue weighted by atomic mass is 16.5. The molecule has 3 rings (SSSR count). The van der Waals surface area contributed by atoms with Crippen molar-refractivity contribution in [1.82, 2.24) is 10.2 Å². The first-order valence-electron chi connectivity index (χ1n) is 11.9. The summed E-state index contributed by atoms with van der Waals surface area (Å²) in [5.41, 5.74) is 3.08. The molecular weight excluding hydrogens is 424 g/mol. The number of methoxy groups -OCH3 is 1. The number of nitrogens with zero attached hydrogens (tertiary/aromatic N) is 1. The summed E-state index contributed by atoms with van der Waals surface area (Å²) in [6.07, 6.45) is 0.802. The van der Waals surface area contributed by atoms with E-state index >= 15 is 0 Å². The summed E-state index contributed by atoms with van der Waals surface area (Å²) in [6, 6.07) is 27.2. The smallest absolute Gasteiger partial charge is 0.242 e. The number of hydrogen-bond acceptors (Lipinski definition) is 3. The molecule has 5 nitrogen and oxygen atoms in total. The van der Waals surface area contributed by atoms with Crippen molar-refractivity contribution in [2.75, 3.05) is 13.7 Å². The molecule has 1 N–H and O–H groups in total. The molecule has 34 heavy (non-hydrogen) atoms. The van der Waals surface area contributed by atoms with Gasteiger partial charge in [-0.1, -0.05) is 79.7 Å². The van der Waals surface area contributed by atoms with Crippen LogP contribution in [0.2, 0.25) is 0 Å². The normalized spacial score (nSPS) is 11.6. The molecule has 0 spiro atoms. The Morgan fingerprint density at radius 2 is 1.50 bits per heavy atom. The molecule has 3 aromatic rings. The second-order valence-electron chi connectivity index (χ2n) is 8.27. The van der Waals surface area contributed by atoms with Crippen LogP contribution >= 0.6 is 0 Å². The molecule has 178 valence electrons. The molecular formula is C29H34N2O3. The first-order valence-corrected chi connectivity index (χ1v) is 11.9. The first kappa shape index (κ1) is 25.0. The van der Waals surface area contributed by atoms with Gasteiger partial charge in [0.2, 0.25) is 11.8 Å². The predicted octanol–water partition coefficient (Wildman–Crippen LogP) is 5.16. The van der Waals surface area contributed by atoms with Gasteiger partial charge in [-0.15, -0.1) is 0 Å². The number of likely N-dealkylation sites (N-methyl/N-ethyl adjacent to an activating group) is 1. The molecule has 0 radical (unpaired) electrons. The third kappa shape index (κ3) is 6.47. The molecule has 0 aliphatic rings. The minimum atomic E-state index is -0.550. The fourth-order valence-corrected chi connectivity index (χ4v) is 4.27. The maximum Gasteiger partial charge on any atom is 0.242 e. The van der Waals surface area contributed by atoms with Crippen LogP contribution in [0.25, 0.3) is 0 Å². The van der Waals surface area contributed by atoms with E-state index in [1.165, 1.54) is 0 Å². The van der Waals surface area contributed by atoms with E-state index in [-0.39, 0.29) is 24.2 Å². The maximum atomic E-state index is 13.9. The summed E-state index contributed by atoms with van der Waals surface area (Å²) >= 11 is 0. The molecule has 2 amide bonds. The molecule has 5 heteroatoms. The van der Waals surface area contributed by atoms with Gasteiger partial charge < -0.3 is 15.0 Å². The van der Waals surface area contributed by atoms with Gasteiger partial charge in [0.15, 0.2) is 0 Å². The van der Waals surface area contributed by atoms with Crippen LogP contribution in [0.4, 0.5) is 0 Å². The van der Waals surface area contributed by atoms with Crippen LogP contribution < -0.4 is 10.1 Å². The Kier molecular flexibility index (Phi) is 9.27. The number of ether oxygens (including phenoxy) is 1. The fraction of sp³-hybridized carbons (Fsp3) is 0.310. The van der Waals surface area contributed by atoms with E-state index in [4.69, 9.17) is 4.74 Å². The van der Waals surface area contributed by atoms with Crippen molar-refractivity contribution in [2.45, 2.75) is 45.2 Å². The Morgan fingerprint density at radius 3 is 2.03 bits per heavy atom. The Bertz CT molecular complexity index is 1010. The van der Waals surface area contributed by atoms with Gasteiger partial charge in [-0.3, -0.25) is 9.59 Å². The van der Waals surface area contributed by atoms with Gasteiger partial charge in [-0.25, -0.2) is 0 Å². The maximum absolute atomic E-state index is 13.9. The Balaban J connectivity index is 1.95. The quantitative estimate of drug-likeness (QED) is 0.432. The highest BCUT2D eigenvalue weighted by Gasteiger charge is 2.30. The molecule has 0 saturated carbocycles. The second kappa shape index (κ2) is 12.6. The SMILES string of the molecule is CCNC(=O)[C@H](CC)N(Cc1cccc(OC)c1)C(=O)CC(c1ccccc1)c1ccccc1.